The number of carbonyl (C=O) groups is 2. The monoisotopic (exact) mass is 558 g/mol. The van der Waals surface area contributed by atoms with Crippen molar-refractivity contribution in [1.29, 1.82) is 0 Å². The van der Waals surface area contributed by atoms with E-state index in [0.717, 1.165) is 28.9 Å². The number of aryl methyl sites for hydroxylation is 1. The van der Waals surface area contributed by atoms with E-state index in [2.05, 4.69) is 11.6 Å². The van der Waals surface area contributed by atoms with Gasteiger partial charge in [0, 0.05) is 17.5 Å². The van der Waals surface area contributed by atoms with Gasteiger partial charge < -0.3 is 14.4 Å². The number of ether oxygens (including phenoxy) is 2. The largest absolute Gasteiger partial charge is 0.496 e. The van der Waals surface area contributed by atoms with Crippen molar-refractivity contribution in [2.24, 2.45) is 5.14 Å². The Bertz CT molecular complexity index is 1400. The Hall–Kier alpha value is -3.74. The van der Waals surface area contributed by atoms with E-state index in [-0.39, 0.29) is 18.1 Å². The van der Waals surface area contributed by atoms with E-state index in [9.17, 15) is 18.0 Å². The number of thiazole rings is 1. The lowest BCUT2D eigenvalue weighted by Gasteiger charge is -2.23. The molecule has 0 aliphatic rings. The number of hydrogen-bond donors (Lipinski definition) is 2. The van der Waals surface area contributed by atoms with Gasteiger partial charge in [-0.2, -0.15) is 8.42 Å². The number of allylic oxidation sites excluding steroid dienone is 1. The molecule has 0 spiro atoms. The minimum atomic E-state index is -4.23. The average molecular weight is 559 g/mol. The number of methoxy groups -OCH3 is 2. The molecule has 10 nitrogen and oxygen atoms in total. The number of carbonyl (C=O) groups excluding carboxylic acids is 2. The third kappa shape index (κ3) is 7.63. The Morgan fingerprint density at radius 3 is 2.32 bits per heavy atom. The molecule has 1 aromatic heterocycles. The molecule has 38 heavy (non-hydrogen) atoms. The van der Waals surface area contributed by atoms with Crippen LogP contribution < -0.4 is 19.3 Å². The molecule has 0 atom stereocenters. The summed E-state index contributed by atoms with van der Waals surface area (Å²) in [5.41, 5.74) is 2.79. The van der Waals surface area contributed by atoms with Crippen LogP contribution in [-0.4, -0.2) is 50.9 Å². The summed E-state index contributed by atoms with van der Waals surface area (Å²) in [5.74, 6) is -0.309. The topological polar surface area (TPSA) is 141 Å². The van der Waals surface area contributed by atoms with Gasteiger partial charge in [-0.25, -0.2) is 14.8 Å². The summed E-state index contributed by atoms with van der Waals surface area (Å²) < 4.78 is 35.1. The molecule has 2 amide bonds. The van der Waals surface area contributed by atoms with E-state index in [0.29, 0.717) is 40.6 Å². The summed E-state index contributed by atoms with van der Waals surface area (Å²) in [5, 5.41) is 6.75. The van der Waals surface area contributed by atoms with Crippen molar-refractivity contribution in [2.45, 2.75) is 26.3 Å². The third-order valence-corrected chi connectivity index (χ3v) is 6.85. The second-order valence-electron chi connectivity index (χ2n) is 8.45. The average Bonchev–Trinajstić information content (AvgIpc) is 3.35. The summed E-state index contributed by atoms with van der Waals surface area (Å²) in [6.07, 6.45) is 1.43. The summed E-state index contributed by atoms with van der Waals surface area (Å²) in [4.78, 5) is 31.7. The van der Waals surface area contributed by atoms with Crippen LogP contribution in [0.4, 0.5) is 0 Å². The molecule has 0 unspecified atom stereocenters. The minimum absolute atomic E-state index is 0.105. The first kappa shape index (κ1) is 28.8. The Labute approximate surface area is 226 Å². The van der Waals surface area contributed by atoms with Gasteiger partial charge in [-0.3, -0.25) is 9.59 Å². The second kappa shape index (κ2) is 12.7. The molecule has 3 rings (SSSR count). The van der Waals surface area contributed by atoms with Crippen molar-refractivity contribution >= 4 is 38.9 Å². The number of aromatic nitrogens is 1. The number of hydrogen-bond acceptors (Lipinski definition) is 8. The molecule has 0 saturated heterocycles. The highest BCUT2D eigenvalue weighted by molar-refractivity contribution is 7.87. The Balaban J connectivity index is 1.89. The number of nitrogens with zero attached hydrogens (tertiary/aromatic N) is 2. The van der Waals surface area contributed by atoms with Crippen LogP contribution in [0.25, 0.3) is 5.57 Å². The lowest BCUT2D eigenvalue weighted by molar-refractivity contribution is 0.0740. The maximum Gasteiger partial charge on any atom is 0.299 e. The predicted molar refractivity (Wildman–Crippen MR) is 146 cm³/mol. The highest BCUT2D eigenvalue weighted by atomic mass is 32.2. The molecule has 3 aromatic rings. The first-order valence-electron chi connectivity index (χ1n) is 11.6. The zero-order valence-electron chi connectivity index (χ0n) is 21.4. The molecule has 2 aromatic carbocycles. The smallest absolute Gasteiger partial charge is 0.299 e. The van der Waals surface area contributed by atoms with E-state index in [1.54, 1.807) is 21.8 Å². The van der Waals surface area contributed by atoms with Gasteiger partial charge >= 0.3 is 0 Å². The van der Waals surface area contributed by atoms with E-state index >= 15 is 0 Å². The summed E-state index contributed by atoms with van der Waals surface area (Å²) in [7, 11) is -1.20. The van der Waals surface area contributed by atoms with Gasteiger partial charge in [0.15, 0.2) is 0 Å². The normalized spacial score (nSPS) is 11.1. The Morgan fingerprint density at radius 2 is 1.76 bits per heavy atom. The van der Waals surface area contributed by atoms with Gasteiger partial charge in [-0.15, -0.1) is 11.3 Å². The second-order valence-corrected chi connectivity index (χ2v) is 10.7. The van der Waals surface area contributed by atoms with E-state index in [4.69, 9.17) is 14.6 Å². The van der Waals surface area contributed by atoms with Gasteiger partial charge in [0.25, 0.3) is 22.0 Å². The van der Waals surface area contributed by atoms with Crippen LogP contribution in [0.5, 0.6) is 11.5 Å². The highest BCUT2D eigenvalue weighted by Gasteiger charge is 2.23. The lowest BCUT2D eigenvalue weighted by Crippen LogP contribution is -2.36. The lowest BCUT2D eigenvalue weighted by atomic mass is 10.0. The maximum atomic E-state index is 13.7. The zero-order chi connectivity index (χ0) is 27.9. The minimum Gasteiger partial charge on any atom is -0.496 e. The first-order valence-corrected chi connectivity index (χ1v) is 14.0. The molecule has 3 N–H and O–H groups in total. The summed E-state index contributed by atoms with van der Waals surface area (Å²) >= 11 is 1.13. The van der Waals surface area contributed by atoms with Crippen LogP contribution in [0.3, 0.4) is 0 Å². The standard InChI is InChI=1S/C26H30N4O6S2/c1-17(2)24-21(35-3)13-19(14-22(24)36-4)26(32)30(12-8-11-18-9-6-5-7-10-18)15-23-28-20(16-37-23)25(31)29-38(27,33)34/h5-7,9-10,13-14,16H,1,8,11-12,15H2,2-4H3,(H,29,31)(H2,27,33,34). The van der Waals surface area contributed by atoms with Crippen LogP contribution in [0.15, 0.2) is 54.4 Å². The predicted octanol–water partition coefficient (Wildman–Crippen LogP) is 3.40. The molecule has 12 heteroatoms. The SMILES string of the molecule is C=C(C)c1c(OC)cc(C(=O)N(CCCc2ccccc2)Cc2nc(C(=O)NS(N)(=O)=O)cs2)cc1OC. The van der Waals surface area contributed by atoms with Crippen molar-refractivity contribution < 1.29 is 27.5 Å². The molecule has 1 heterocycles. The fourth-order valence-corrected chi connectivity index (χ4v) is 4.99. The van der Waals surface area contributed by atoms with Gasteiger partial charge in [0.05, 0.1) is 26.3 Å². The summed E-state index contributed by atoms with van der Waals surface area (Å²) in [6.45, 7) is 6.31. The van der Waals surface area contributed by atoms with Crippen molar-refractivity contribution in [2.75, 3.05) is 20.8 Å². The zero-order valence-corrected chi connectivity index (χ0v) is 23.0. The van der Waals surface area contributed by atoms with Crippen molar-refractivity contribution in [3.8, 4) is 11.5 Å². The number of nitrogens with one attached hydrogen (secondary N) is 1. The molecular formula is C26H30N4O6S2. The van der Waals surface area contributed by atoms with Crippen molar-refractivity contribution in [3.05, 3.63) is 81.8 Å². The van der Waals surface area contributed by atoms with Crippen LogP contribution in [0, 0.1) is 0 Å². The van der Waals surface area contributed by atoms with Gasteiger partial charge in [0.1, 0.15) is 22.2 Å². The van der Waals surface area contributed by atoms with Gasteiger partial charge in [-0.1, -0.05) is 36.9 Å². The number of benzene rings is 2. The van der Waals surface area contributed by atoms with Crippen LogP contribution >= 0.6 is 11.3 Å². The van der Waals surface area contributed by atoms with Crippen LogP contribution in [0.1, 0.15) is 50.3 Å². The quantitative estimate of drug-likeness (QED) is 0.347. The fourth-order valence-electron chi connectivity index (χ4n) is 3.84. The first-order chi connectivity index (χ1) is 18.0. The molecule has 0 aliphatic carbocycles. The van der Waals surface area contributed by atoms with Crippen LogP contribution in [-0.2, 0) is 23.2 Å². The van der Waals surface area contributed by atoms with Gasteiger partial charge in [0.2, 0.25) is 0 Å². The van der Waals surface area contributed by atoms with Crippen molar-refractivity contribution in [1.82, 2.24) is 14.6 Å². The number of rotatable bonds is 12. The molecule has 0 aliphatic heterocycles. The van der Waals surface area contributed by atoms with E-state index in [1.807, 2.05) is 37.3 Å². The number of amides is 2. The molecule has 0 radical (unpaired) electrons. The van der Waals surface area contributed by atoms with Gasteiger partial charge in [-0.05, 0) is 43.0 Å². The number of nitrogens with two attached hydrogens (primary N) is 1. The third-order valence-electron chi connectivity index (χ3n) is 5.55. The molecule has 0 saturated carbocycles. The van der Waals surface area contributed by atoms with E-state index in [1.165, 1.54) is 19.6 Å². The summed E-state index contributed by atoms with van der Waals surface area (Å²) in [6, 6.07) is 13.2. The van der Waals surface area contributed by atoms with Crippen LogP contribution in [0.2, 0.25) is 0 Å². The molecule has 202 valence electrons. The highest BCUT2D eigenvalue weighted by Crippen LogP contribution is 2.36. The van der Waals surface area contributed by atoms with Crippen molar-refractivity contribution in [3.63, 3.8) is 0 Å². The maximum absolute atomic E-state index is 13.7. The molecule has 0 bridgehead atoms. The Kier molecular flexibility index (Phi) is 9.61. The fraction of sp³-hybridized carbons (Fsp3) is 0.269. The Morgan fingerprint density at radius 1 is 1.13 bits per heavy atom. The molecule has 0 fully saturated rings. The molecular weight excluding hydrogens is 528 g/mol. The van der Waals surface area contributed by atoms with E-state index < -0.39 is 16.1 Å².